The van der Waals surface area contributed by atoms with Crippen molar-refractivity contribution in [2.75, 3.05) is 26.4 Å². The Hall–Kier alpha value is -7.73. The molecule has 0 saturated carbocycles. The van der Waals surface area contributed by atoms with Gasteiger partial charge in [0.1, 0.15) is 72.9 Å². The van der Waals surface area contributed by atoms with E-state index in [1.165, 1.54) is 63.2 Å². The maximum atomic E-state index is 14.1. The number of rotatable bonds is 63. The van der Waals surface area contributed by atoms with Gasteiger partial charge in [-0.2, -0.15) is 0 Å². The van der Waals surface area contributed by atoms with Crippen LogP contribution in [0, 0.1) is 0 Å². The van der Waals surface area contributed by atoms with Crippen molar-refractivity contribution in [1.82, 2.24) is 37.2 Å². The molecule has 7 amide bonds. The molecule has 0 aromatic rings. The Labute approximate surface area is 770 Å². The fourth-order valence-electron chi connectivity index (χ4n) is 14.0. The van der Waals surface area contributed by atoms with Gasteiger partial charge in [-0.25, -0.2) is 4.31 Å². The van der Waals surface area contributed by atoms with E-state index in [0.29, 0.717) is 37.8 Å². The lowest BCUT2D eigenvalue weighted by atomic mass is 9.94. The molecule has 0 spiro atoms. The molecule has 34 nitrogen and oxygen atoms in total. The van der Waals surface area contributed by atoms with Gasteiger partial charge in [-0.3, -0.25) is 47.2 Å². The van der Waals surface area contributed by atoms with Gasteiger partial charge in [0.15, 0.2) is 12.6 Å². The minimum absolute atomic E-state index is 0.0305. The van der Waals surface area contributed by atoms with Gasteiger partial charge < -0.3 is 116 Å². The predicted molar refractivity (Wildman–Crippen MR) is 488 cm³/mol. The Morgan fingerprint density at radius 2 is 0.792 bits per heavy atom. The molecule has 2 fully saturated rings. The first-order valence-electron chi connectivity index (χ1n) is 45.4. The van der Waals surface area contributed by atoms with Crippen molar-refractivity contribution >= 4 is 68.9 Å². The molecule has 0 aromatic heterocycles. The maximum absolute atomic E-state index is 14.1. The van der Waals surface area contributed by atoms with Crippen LogP contribution >= 0.6 is 15.6 Å². The second kappa shape index (κ2) is 63.5. The number of hydrogen-bond donors (Lipinski definition) is 12. The number of aliphatic carboxylic acids is 2. The van der Waals surface area contributed by atoms with Gasteiger partial charge in [-0.15, -0.1) is 0 Å². The molecule has 130 heavy (non-hydrogen) atoms. The van der Waals surface area contributed by atoms with E-state index >= 15 is 0 Å². The average Bonchev–Trinajstić information content (AvgIpc) is 0.764. The van der Waals surface area contributed by atoms with Crippen molar-refractivity contribution in [3.8, 4) is 0 Å². The Bertz CT molecular complexity index is 4070. The van der Waals surface area contributed by atoms with Crippen LogP contribution in [0.4, 0.5) is 0 Å². The summed E-state index contributed by atoms with van der Waals surface area (Å²) in [6.45, 7) is 29.9. The summed E-state index contributed by atoms with van der Waals surface area (Å²) < 4.78 is 65.3. The number of aliphatic hydroxyl groups is 4. The van der Waals surface area contributed by atoms with E-state index in [1.54, 1.807) is 6.92 Å². The number of phosphoric acid groups is 2. The molecule has 2 aliphatic heterocycles. The number of allylic oxidation sites excluding steroid dienone is 21. The van der Waals surface area contributed by atoms with Gasteiger partial charge in [0, 0.05) is 20.3 Å². The van der Waals surface area contributed by atoms with Gasteiger partial charge in [-0.1, -0.05) is 128 Å². The van der Waals surface area contributed by atoms with Gasteiger partial charge in [0.05, 0.1) is 50.4 Å². The number of amides is 7. The van der Waals surface area contributed by atoms with E-state index in [2.05, 4.69) is 177 Å². The molecular weight excluding hydrogens is 1720 g/mol. The van der Waals surface area contributed by atoms with Gasteiger partial charge in [-0.05, 0) is 265 Å². The summed E-state index contributed by atoms with van der Waals surface area (Å²) in [7, 11) is -12.1. The van der Waals surface area contributed by atoms with Crippen molar-refractivity contribution in [1.29, 1.82) is 0 Å². The SMILES string of the molecule is CC(=O)N[C@H]1[C@H](O[C@H]2[C@H](O[C@H](C)C(=O)N[C@@H](C)C(=O)N[C@H](CCC(=O)N[C@@H](CCCC[NH3+])C(=O)N[C@H](C)C(=O)N[C@H](C)C(=O)[O-])C(=O)[O-])[C@@H](NC(C)=O)[C@@H](OP(=O)([O-])OP(=O)([O-])OC/C=C(/C)CC/C=C(/C)CC/C=C(/C)CC/C=C(/C)CC/C=C(/C)CC/C=C(/C)CC/C=C(/C)CC/C=C(/C)CC/C=C(\C)CC/C=C(\C)CCC=C(C)C)O[C@@H]2CO)O[C@H](CO)[C@@H](O)[C@@H]1O. The fourth-order valence-corrected chi connectivity index (χ4v) is 16.1. The summed E-state index contributed by atoms with van der Waals surface area (Å²) in [4.78, 5) is 143. The third-order valence-corrected chi connectivity index (χ3v) is 24.6. The molecule has 2 unspecified atom stereocenters. The molecule has 738 valence electrons. The molecule has 2 aliphatic rings. The summed E-state index contributed by atoms with van der Waals surface area (Å²) in [6, 6.07) is -11.4. The van der Waals surface area contributed by atoms with Crippen molar-refractivity contribution in [3.05, 3.63) is 128 Å². The topological polar surface area (TPSA) is 537 Å². The van der Waals surface area contributed by atoms with Gasteiger partial charge >= 0.3 is 0 Å². The Balaban J connectivity index is 2.08. The van der Waals surface area contributed by atoms with Crippen LogP contribution in [0.5, 0.6) is 0 Å². The van der Waals surface area contributed by atoms with Crippen LogP contribution in [0.1, 0.15) is 285 Å². The van der Waals surface area contributed by atoms with E-state index in [0.717, 1.165) is 156 Å². The highest BCUT2D eigenvalue weighted by Gasteiger charge is 2.54. The van der Waals surface area contributed by atoms with Crippen molar-refractivity contribution < 1.29 is 131 Å². The highest BCUT2D eigenvalue weighted by molar-refractivity contribution is 7.59. The number of phosphoric ester groups is 2. The lowest BCUT2D eigenvalue weighted by Crippen LogP contribution is -2.70. The molecule has 0 radical (unpaired) electrons. The number of carboxylic acids is 2. The predicted octanol–water partition coefficient (Wildman–Crippen LogP) is 7.70. The van der Waals surface area contributed by atoms with Crippen LogP contribution in [0.3, 0.4) is 0 Å². The number of nitrogens with one attached hydrogen (secondary N) is 7. The number of unbranched alkanes of at least 4 members (excludes halogenated alkanes) is 1. The highest BCUT2D eigenvalue weighted by Crippen LogP contribution is 2.57. The number of quaternary nitrogens is 1. The first kappa shape index (κ1) is 118. The zero-order valence-corrected chi connectivity index (χ0v) is 81.8. The molecule has 0 aromatic carbocycles. The van der Waals surface area contributed by atoms with Crippen LogP contribution < -0.4 is 63.0 Å². The zero-order chi connectivity index (χ0) is 98.0. The Morgan fingerprint density at radius 3 is 1.18 bits per heavy atom. The van der Waals surface area contributed by atoms with Gasteiger partial charge in [0.25, 0.3) is 15.6 Å². The smallest absolute Gasteiger partial charge is 0.276 e. The highest BCUT2D eigenvalue weighted by atomic mass is 31.3. The summed E-state index contributed by atoms with van der Waals surface area (Å²) in [5.41, 5.74) is 18.4. The normalized spacial score (nSPS) is 22.4. The summed E-state index contributed by atoms with van der Waals surface area (Å²) >= 11 is 0. The number of ether oxygens (including phenoxy) is 4. The summed E-state index contributed by atoms with van der Waals surface area (Å²) in [5.74, 6) is -10.3. The average molecular weight is 1870 g/mol. The van der Waals surface area contributed by atoms with Crippen molar-refractivity contribution in [3.63, 3.8) is 0 Å². The third-order valence-electron chi connectivity index (χ3n) is 22.1. The number of aliphatic hydroxyl groups excluding tert-OH is 4. The molecule has 2 saturated heterocycles. The van der Waals surface area contributed by atoms with E-state index < -0.39 is 199 Å². The molecule has 2 rings (SSSR count). The second-order valence-corrected chi connectivity index (χ2v) is 37.6. The first-order chi connectivity index (χ1) is 61.1. The molecule has 14 N–H and O–H groups in total. The minimum Gasteiger partial charge on any atom is -0.756 e. The van der Waals surface area contributed by atoms with E-state index in [4.69, 9.17) is 28.0 Å². The minimum atomic E-state index is -6.27. The lowest BCUT2D eigenvalue weighted by molar-refractivity contribution is -0.368. The molecule has 18 atom stereocenters. The molecule has 0 bridgehead atoms. The van der Waals surface area contributed by atoms with Crippen LogP contribution in [-0.4, -0.2) is 198 Å². The van der Waals surface area contributed by atoms with Crippen LogP contribution in [0.25, 0.3) is 0 Å². The third kappa shape index (κ3) is 50.4. The van der Waals surface area contributed by atoms with Crippen LogP contribution in [-0.2, 0) is 84.6 Å². The molecule has 2 heterocycles. The Morgan fingerprint density at radius 1 is 0.415 bits per heavy atom. The summed E-state index contributed by atoms with van der Waals surface area (Å²) in [5, 5.41) is 82.6. The zero-order valence-electron chi connectivity index (χ0n) is 80.0. The van der Waals surface area contributed by atoms with Crippen molar-refractivity contribution in [2.24, 2.45) is 0 Å². The van der Waals surface area contributed by atoms with E-state index in [1.807, 2.05) is 6.92 Å². The Kier molecular flexibility index (Phi) is 57.8. The summed E-state index contributed by atoms with van der Waals surface area (Å²) in [6.07, 6.45) is 26.5. The second-order valence-electron chi connectivity index (χ2n) is 34.7. The number of hydrogen-bond acceptors (Lipinski definition) is 26. The van der Waals surface area contributed by atoms with E-state index in [9.17, 15) is 92.7 Å². The maximum Gasteiger partial charge on any atom is 0.276 e. The van der Waals surface area contributed by atoms with E-state index in [-0.39, 0.29) is 6.42 Å². The van der Waals surface area contributed by atoms with Gasteiger partial charge in [0.2, 0.25) is 41.4 Å². The first-order valence-corrected chi connectivity index (χ1v) is 48.4. The number of carbonyl (C=O) groups is 9. The monoisotopic (exact) mass is 1870 g/mol. The van der Waals surface area contributed by atoms with Crippen molar-refractivity contribution in [2.45, 2.75) is 383 Å². The molecule has 0 aliphatic carbocycles. The quantitative estimate of drug-likeness (QED) is 0.0157. The number of carboxylic acid groups (broad SMARTS) is 2. The van der Waals surface area contributed by atoms with Crippen LogP contribution in [0.2, 0.25) is 0 Å². The molecule has 36 heteroatoms. The standard InChI is InChI=1S/C94H156N8O26P2/c1-59(2)31-21-32-60(3)33-22-34-61(4)35-23-36-62(5)37-24-38-63(6)39-25-40-64(7)41-26-42-65(8)43-27-44-66(9)45-28-46-67(10)47-29-48-68(11)49-30-50-69(12)54-56-122-129(118,119)128-130(120,121)127-94-82(100-75(18)106)86(85(79(58-104)125-94)126-93-81(99-74(17)105)84(109)83(108)78(57-103)124-93)123-73(16)89(112)96-71(14)88(111)102-77(92(116)117)52-53-80(107)101-76(51-19-20-55-95)90(113)97-70(13)87(110)98-72(15)91(114)115/h31,33,35,37,39,41,43,45,47,49,54,70-73,76-79,81-86,93-94,103-104,108-109H,19-30,32,34,36,38,40,42,44,46,48,50-53,55-58,95H2,1-18H3,(H,96,112)(H,97,113)(H,98,110)(H,99,105)(H,100,106)(H,101,107)(H,102,111)(H,114,115)(H,116,117)(H,118,119)(H,120,121)/p-3/b60-33+,61-35+,62-37-,63-39-,64-41-,65-43-,66-45-,67-47-,68-49-,69-54-/t70-,71+,72-,73-,76+,77-,78-,79-,81-,82-,83-,84-,85-,86-,93+,94-/m1/s1. The largest absolute Gasteiger partial charge is 0.756 e. The lowest BCUT2D eigenvalue weighted by Gasteiger charge is -2.50. The fraction of sp³-hybridized carbons (Fsp3) is 0.670. The van der Waals surface area contributed by atoms with Crippen LogP contribution in [0.15, 0.2) is 128 Å². The molecular formula is C94H153N8O26P2-3. The number of carbonyl (C=O) groups excluding carboxylic acids is 9.